The molecule has 21 heavy (non-hydrogen) atoms. The van der Waals surface area contributed by atoms with E-state index in [4.69, 9.17) is 0 Å². The Hall–Kier alpha value is -2.13. The Balaban J connectivity index is 1.85. The number of rotatable bonds is 3. The van der Waals surface area contributed by atoms with Gasteiger partial charge >= 0.3 is 0 Å². The summed E-state index contributed by atoms with van der Waals surface area (Å²) in [7, 11) is 0. The fourth-order valence-electron chi connectivity index (χ4n) is 3.40. The summed E-state index contributed by atoms with van der Waals surface area (Å²) in [5.41, 5.74) is 3.68. The van der Waals surface area contributed by atoms with Gasteiger partial charge in [-0.3, -0.25) is 9.88 Å². The molecule has 0 amide bonds. The van der Waals surface area contributed by atoms with Crippen LogP contribution in [0.25, 0.3) is 10.9 Å². The minimum absolute atomic E-state index is 0.254. The zero-order chi connectivity index (χ0) is 14.1. The normalized spacial score (nSPS) is 17.3. The Labute approximate surface area is 124 Å². The van der Waals surface area contributed by atoms with Gasteiger partial charge in [0.1, 0.15) is 0 Å². The summed E-state index contributed by atoms with van der Waals surface area (Å²) in [5.74, 6) is 0. The summed E-state index contributed by atoms with van der Waals surface area (Å²) in [6.45, 7) is 2.31. The van der Waals surface area contributed by atoms with Crippen molar-refractivity contribution in [1.82, 2.24) is 14.9 Å². The summed E-state index contributed by atoms with van der Waals surface area (Å²) in [5, 5.41) is 1.31. The van der Waals surface area contributed by atoms with E-state index in [2.05, 4.69) is 57.5 Å². The summed E-state index contributed by atoms with van der Waals surface area (Å²) < 4.78 is 0. The third kappa shape index (κ3) is 2.24. The highest BCUT2D eigenvalue weighted by Gasteiger charge is 2.27. The number of nitrogens with zero attached hydrogens (tertiary/aromatic N) is 2. The first-order chi connectivity index (χ1) is 10.4. The molecule has 0 aliphatic carbocycles. The quantitative estimate of drug-likeness (QED) is 0.790. The lowest BCUT2D eigenvalue weighted by Crippen LogP contribution is -2.27. The third-order valence-electron chi connectivity index (χ3n) is 4.39. The van der Waals surface area contributed by atoms with Crippen LogP contribution in [-0.2, 0) is 0 Å². The van der Waals surface area contributed by atoms with Crippen molar-refractivity contribution < 1.29 is 0 Å². The van der Waals surface area contributed by atoms with Gasteiger partial charge in [-0.15, -0.1) is 0 Å². The Morgan fingerprint density at radius 3 is 2.62 bits per heavy atom. The van der Waals surface area contributed by atoms with Crippen molar-refractivity contribution in [3.63, 3.8) is 0 Å². The molecule has 0 spiro atoms. The van der Waals surface area contributed by atoms with Crippen LogP contribution in [0.15, 0.2) is 54.9 Å². The van der Waals surface area contributed by atoms with Crippen LogP contribution in [0, 0.1) is 0 Å². The monoisotopic (exact) mass is 277 g/mol. The first-order valence-corrected chi connectivity index (χ1v) is 7.64. The number of para-hydroxylation sites is 1. The highest BCUT2D eigenvalue weighted by Crippen LogP contribution is 2.34. The van der Waals surface area contributed by atoms with E-state index in [-0.39, 0.29) is 6.04 Å². The van der Waals surface area contributed by atoms with Crippen LogP contribution in [0.4, 0.5) is 0 Å². The van der Waals surface area contributed by atoms with E-state index >= 15 is 0 Å². The molecule has 1 N–H and O–H groups in total. The van der Waals surface area contributed by atoms with Crippen molar-refractivity contribution in [2.75, 3.05) is 13.1 Å². The topological polar surface area (TPSA) is 31.9 Å². The Kier molecular flexibility index (Phi) is 3.20. The van der Waals surface area contributed by atoms with Crippen LogP contribution < -0.4 is 0 Å². The number of likely N-dealkylation sites (tertiary alicyclic amines) is 1. The lowest BCUT2D eigenvalue weighted by molar-refractivity contribution is 0.278. The van der Waals surface area contributed by atoms with Gasteiger partial charge in [-0.2, -0.15) is 0 Å². The van der Waals surface area contributed by atoms with Crippen molar-refractivity contribution in [3.05, 3.63) is 66.1 Å². The van der Waals surface area contributed by atoms with Gasteiger partial charge in [0.2, 0.25) is 0 Å². The van der Waals surface area contributed by atoms with Crippen molar-refractivity contribution in [3.8, 4) is 0 Å². The fourth-order valence-corrected chi connectivity index (χ4v) is 3.40. The van der Waals surface area contributed by atoms with Crippen LogP contribution in [0.5, 0.6) is 0 Å². The maximum atomic E-state index is 4.63. The number of pyridine rings is 1. The maximum Gasteiger partial charge on any atom is 0.0797 e. The molecule has 3 heteroatoms. The SMILES string of the molecule is c1ccc(C(c2c[nH]c3ccccc23)N2CCCC2)nc1. The Morgan fingerprint density at radius 2 is 1.81 bits per heavy atom. The van der Waals surface area contributed by atoms with Crippen LogP contribution in [-0.4, -0.2) is 28.0 Å². The molecule has 1 aromatic carbocycles. The first-order valence-electron chi connectivity index (χ1n) is 7.64. The van der Waals surface area contributed by atoms with Gasteiger partial charge in [0.05, 0.1) is 11.7 Å². The van der Waals surface area contributed by atoms with E-state index in [0.717, 1.165) is 18.8 Å². The molecule has 106 valence electrons. The van der Waals surface area contributed by atoms with E-state index in [9.17, 15) is 0 Å². The molecule has 3 nitrogen and oxygen atoms in total. The maximum absolute atomic E-state index is 4.63. The summed E-state index contributed by atoms with van der Waals surface area (Å²) in [4.78, 5) is 10.6. The van der Waals surface area contributed by atoms with Crippen molar-refractivity contribution in [2.24, 2.45) is 0 Å². The number of aromatic nitrogens is 2. The van der Waals surface area contributed by atoms with Crippen LogP contribution in [0.3, 0.4) is 0 Å². The number of fused-ring (bicyclic) bond motifs is 1. The van der Waals surface area contributed by atoms with Gasteiger partial charge in [-0.25, -0.2) is 0 Å². The van der Waals surface area contributed by atoms with Gasteiger partial charge in [-0.1, -0.05) is 24.3 Å². The second-order valence-corrected chi connectivity index (χ2v) is 5.69. The highest BCUT2D eigenvalue weighted by molar-refractivity contribution is 5.84. The number of aromatic amines is 1. The molecule has 1 atom stereocenters. The predicted molar refractivity (Wildman–Crippen MR) is 85.2 cm³/mol. The van der Waals surface area contributed by atoms with Gasteiger partial charge in [0.25, 0.3) is 0 Å². The zero-order valence-corrected chi connectivity index (χ0v) is 12.0. The number of benzene rings is 1. The molecule has 0 saturated carbocycles. The van der Waals surface area contributed by atoms with Gasteiger partial charge in [0.15, 0.2) is 0 Å². The number of hydrogen-bond acceptors (Lipinski definition) is 2. The summed E-state index contributed by atoms with van der Waals surface area (Å²) >= 11 is 0. The molecule has 0 radical (unpaired) electrons. The van der Waals surface area contributed by atoms with Crippen molar-refractivity contribution >= 4 is 10.9 Å². The molecule has 1 unspecified atom stereocenters. The molecule has 3 heterocycles. The van der Waals surface area contributed by atoms with Crippen LogP contribution in [0.1, 0.15) is 30.1 Å². The number of H-pyrrole nitrogens is 1. The van der Waals surface area contributed by atoms with Gasteiger partial charge in [0, 0.05) is 28.9 Å². The molecule has 1 aliphatic rings. The van der Waals surface area contributed by atoms with Crippen LogP contribution in [0.2, 0.25) is 0 Å². The summed E-state index contributed by atoms with van der Waals surface area (Å²) in [6.07, 6.45) is 6.62. The average molecular weight is 277 g/mol. The molecule has 0 bridgehead atoms. The molecule has 2 aromatic heterocycles. The average Bonchev–Trinajstić information content (AvgIpc) is 3.20. The van der Waals surface area contributed by atoms with E-state index in [1.165, 1.54) is 29.3 Å². The van der Waals surface area contributed by atoms with Crippen molar-refractivity contribution in [1.29, 1.82) is 0 Å². The fraction of sp³-hybridized carbons (Fsp3) is 0.278. The van der Waals surface area contributed by atoms with Gasteiger partial charge < -0.3 is 4.98 Å². The zero-order valence-electron chi connectivity index (χ0n) is 12.0. The van der Waals surface area contributed by atoms with E-state index in [1.54, 1.807) is 0 Å². The second kappa shape index (κ2) is 5.34. The predicted octanol–water partition coefficient (Wildman–Crippen LogP) is 3.75. The highest BCUT2D eigenvalue weighted by atomic mass is 15.2. The minimum atomic E-state index is 0.254. The molecule has 1 saturated heterocycles. The third-order valence-corrected chi connectivity index (χ3v) is 4.39. The van der Waals surface area contributed by atoms with E-state index < -0.39 is 0 Å². The second-order valence-electron chi connectivity index (χ2n) is 5.69. The standard InChI is InChI=1S/C18H19N3/c1-2-8-16-14(7-1)15(13-20-16)18(21-11-5-6-12-21)17-9-3-4-10-19-17/h1-4,7-10,13,18,20H,5-6,11-12H2. The van der Waals surface area contributed by atoms with Crippen LogP contribution >= 0.6 is 0 Å². The van der Waals surface area contributed by atoms with Crippen molar-refractivity contribution in [2.45, 2.75) is 18.9 Å². The van der Waals surface area contributed by atoms with E-state index in [0.29, 0.717) is 0 Å². The molecular weight excluding hydrogens is 258 g/mol. The molecule has 1 fully saturated rings. The molecule has 1 aliphatic heterocycles. The number of nitrogens with one attached hydrogen (secondary N) is 1. The molecule has 4 rings (SSSR count). The summed E-state index contributed by atoms with van der Waals surface area (Å²) in [6, 6.07) is 15.0. The largest absolute Gasteiger partial charge is 0.361 e. The smallest absolute Gasteiger partial charge is 0.0797 e. The minimum Gasteiger partial charge on any atom is -0.361 e. The lowest BCUT2D eigenvalue weighted by Gasteiger charge is -2.27. The van der Waals surface area contributed by atoms with E-state index in [1.807, 2.05) is 12.3 Å². The Morgan fingerprint density at radius 1 is 1.00 bits per heavy atom. The number of hydrogen-bond donors (Lipinski definition) is 1. The molecular formula is C18H19N3. The Bertz CT molecular complexity index is 726. The first kappa shape index (κ1) is 12.6. The lowest BCUT2D eigenvalue weighted by atomic mass is 10.0. The van der Waals surface area contributed by atoms with Gasteiger partial charge in [-0.05, 0) is 44.1 Å². The molecule has 3 aromatic rings.